The molecular weight excluding hydrogens is 241 g/mol. The number of methoxy groups -OCH3 is 1. The van der Waals surface area contributed by atoms with Crippen LogP contribution in [0.2, 0.25) is 0 Å². The van der Waals surface area contributed by atoms with Gasteiger partial charge in [0, 0.05) is 13.2 Å². The van der Waals surface area contributed by atoms with Gasteiger partial charge in [-0.25, -0.2) is 4.39 Å². The Morgan fingerprint density at radius 1 is 1.32 bits per heavy atom. The highest BCUT2D eigenvalue weighted by Crippen LogP contribution is 2.35. The molecule has 0 spiro atoms. The van der Waals surface area contributed by atoms with Gasteiger partial charge >= 0.3 is 0 Å². The summed E-state index contributed by atoms with van der Waals surface area (Å²) in [6, 6.07) is 7.11. The highest BCUT2D eigenvalue weighted by Gasteiger charge is 2.39. The average Bonchev–Trinajstić information content (AvgIpc) is 2.45. The van der Waals surface area contributed by atoms with Crippen LogP contribution in [-0.4, -0.2) is 25.8 Å². The van der Waals surface area contributed by atoms with Crippen LogP contribution in [0.3, 0.4) is 0 Å². The monoisotopic (exact) mass is 265 g/mol. The second kappa shape index (κ2) is 6.49. The van der Waals surface area contributed by atoms with E-state index < -0.39 is 0 Å². The van der Waals surface area contributed by atoms with Gasteiger partial charge in [-0.2, -0.15) is 0 Å². The third-order valence-corrected chi connectivity index (χ3v) is 4.42. The van der Waals surface area contributed by atoms with Crippen LogP contribution in [0.25, 0.3) is 0 Å². The summed E-state index contributed by atoms with van der Waals surface area (Å²) in [5.74, 6) is -0.164. The van der Waals surface area contributed by atoms with Crippen molar-refractivity contribution in [3.8, 4) is 0 Å². The maximum absolute atomic E-state index is 13.3. The molecule has 1 aliphatic carbocycles. The van der Waals surface area contributed by atoms with Crippen molar-refractivity contribution >= 4 is 0 Å². The number of hydrogen-bond acceptors (Lipinski definition) is 2. The fourth-order valence-electron chi connectivity index (χ4n) is 3.30. The molecular formula is C16H24FNO. The van der Waals surface area contributed by atoms with Gasteiger partial charge in [-0.3, -0.25) is 0 Å². The quantitative estimate of drug-likeness (QED) is 0.882. The molecule has 1 aromatic carbocycles. The highest BCUT2D eigenvalue weighted by atomic mass is 19.1. The van der Waals surface area contributed by atoms with E-state index in [9.17, 15) is 4.39 Å². The van der Waals surface area contributed by atoms with E-state index in [4.69, 9.17) is 4.74 Å². The van der Waals surface area contributed by atoms with Gasteiger partial charge < -0.3 is 10.1 Å². The summed E-state index contributed by atoms with van der Waals surface area (Å²) < 4.78 is 19.2. The molecule has 106 valence electrons. The van der Waals surface area contributed by atoms with Crippen LogP contribution in [0.15, 0.2) is 24.3 Å². The molecule has 1 N–H and O–H groups in total. The first-order valence-corrected chi connectivity index (χ1v) is 7.17. The molecule has 1 fully saturated rings. The first-order chi connectivity index (χ1) is 9.20. The molecule has 19 heavy (non-hydrogen) atoms. The zero-order valence-electron chi connectivity index (χ0n) is 11.9. The van der Waals surface area contributed by atoms with Crippen LogP contribution in [0.5, 0.6) is 0 Å². The Labute approximate surface area is 115 Å². The zero-order chi connectivity index (χ0) is 13.7. The third-order valence-electron chi connectivity index (χ3n) is 4.42. The molecule has 0 radical (unpaired) electrons. The molecule has 1 aromatic rings. The van der Waals surface area contributed by atoms with Gasteiger partial charge in [0.2, 0.25) is 0 Å². The Bertz CT molecular complexity index is 401. The molecule has 0 aliphatic heterocycles. The van der Waals surface area contributed by atoms with E-state index in [-0.39, 0.29) is 17.5 Å². The molecule has 0 aromatic heterocycles. The molecule has 2 nitrogen and oxygen atoms in total. The largest absolute Gasteiger partial charge is 0.377 e. The van der Waals surface area contributed by atoms with Crippen LogP contribution >= 0.6 is 0 Å². The van der Waals surface area contributed by atoms with Crippen molar-refractivity contribution < 1.29 is 9.13 Å². The van der Waals surface area contributed by atoms with E-state index in [0.29, 0.717) is 0 Å². The van der Waals surface area contributed by atoms with Crippen LogP contribution in [0.1, 0.15) is 37.7 Å². The van der Waals surface area contributed by atoms with Gasteiger partial charge in [0.05, 0.1) is 5.60 Å². The van der Waals surface area contributed by atoms with Crippen LogP contribution in [-0.2, 0) is 11.2 Å². The lowest BCUT2D eigenvalue weighted by molar-refractivity contribution is -0.0657. The van der Waals surface area contributed by atoms with E-state index in [1.54, 1.807) is 19.2 Å². The molecule has 1 atom stereocenters. The normalized spacial score (nSPS) is 20.2. The second-order valence-electron chi connectivity index (χ2n) is 5.50. The van der Waals surface area contributed by atoms with Crippen LogP contribution in [0, 0.1) is 5.82 Å². The summed E-state index contributed by atoms with van der Waals surface area (Å²) in [7, 11) is 3.78. The maximum atomic E-state index is 13.3. The molecule has 0 bridgehead atoms. The van der Waals surface area contributed by atoms with Crippen molar-refractivity contribution in [2.45, 2.75) is 50.2 Å². The molecule has 1 unspecified atom stereocenters. The summed E-state index contributed by atoms with van der Waals surface area (Å²) in [4.78, 5) is 0. The summed E-state index contributed by atoms with van der Waals surface area (Å²) in [5.41, 5.74) is 0.931. The fraction of sp³-hybridized carbons (Fsp3) is 0.625. The van der Waals surface area contributed by atoms with Gasteiger partial charge in [0.1, 0.15) is 5.82 Å². The van der Waals surface area contributed by atoms with E-state index in [1.165, 1.54) is 25.3 Å². The van der Waals surface area contributed by atoms with Crippen molar-refractivity contribution in [1.82, 2.24) is 5.32 Å². The van der Waals surface area contributed by atoms with Crippen molar-refractivity contribution in [2.24, 2.45) is 0 Å². The number of ether oxygens (including phenoxy) is 1. The van der Waals surface area contributed by atoms with E-state index in [0.717, 1.165) is 24.8 Å². The second-order valence-corrected chi connectivity index (χ2v) is 5.50. The highest BCUT2D eigenvalue weighted by molar-refractivity contribution is 5.18. The molecule has 0 amide bonds. The number of benzene rings is 1. The molecule has 2 rings (SSSR count). The Balaban J connectivity index is 2.14. The maximum Gasteiger partial charge on any atom is 0.123 e. The van der Waals surface area contributed by atoms with Gasteiger partial charge in [0.15, 0.2) is 0 Å². The third kappa shape index (κ3) is 3.34. The summed E-state index contributed by atoms with van der Waals surface area (Å²) in [5, 5.41) is 3.38. The van der Waals surface area contributed by atoms with Crippen LogP contribution in [0.4, 0.5) is 4.39 Å². The predicted octanol–water partition coefficient (Wildman–Crippen LogP) is 3.31. The summed E-state index contributed by atoms with van der Waals surface area (Å²) >= 11 is 0. The first kappa shape index (κ1) is 14.5. The average molecular weight is 265 g/mol. The lowest BCUT2D eigenvalue weighted by Crippen LogP contribution is -2.53. The van der Waals surface area contributed by atoms with Crippen LogP contribution < -0.4 is 5.32 Å². The number of halogens is 1. The lowest BCUT2D eigenvalue weighted by atomic mass is 9.77. The number of nitrogens with one attached hydrogen (secondary N) is 1. The molecule has 1 aliphatic rings. The van der Waals surface area contributed by atoms with Crippen molar-refractivity contribution in [3.63, 3.8) is 0 Å². The van der Waals surface area contributed by atoms with Gasteiger partial charge in [-0.05, 0) is 44.0 Å². The van der Waals surface area contributed by atoms with Gasteiger partial charge in [-0.1, -0.05) is 31.4 Å². The standard InChI is InChI=1S/C16H24FNO/c1-18-15(12-13-7-6-8-14(17)11-13)16(19-2)9-4-3-5-10-16/h6-8,11,15,18H,3-5,9-10,12H2,1-2H3. The van der Waals surface area contributed by atoms with Crippen molar-refractivity contribution in [1.29, 1.82) is 0 Å². The Morgan fingerprint density at radius 2 is 2.05 bits per heavy atom. The SMILES string of the molecule is CNC(Cc1cccc(F)c1)C1(OC)CCCCC1. The number of likely N-dealkylation sites (N-methyl/N-ethyl adjacent to an activating group) is 1. The zero-order valence-corrected chi connectivity index (χ0v) is 11.9. The Kier molecular flexibility index (Phi) is 4.94. The molecule has 0 heterocycles. The van der Waals surface area contributed by atoms with Crippen molar-refractivity contribution in [2.75, 3.05) is 14.2 Å². The number of rotatable bonds is 5. The fourth-order valence-corrected chi connectivity index (χ4v) is 3.30. The summed E-state index contributed by atoms with van der Waals surface area (Å²) in [6.07, 6.45) is 6.71. The Morgan fingerprint density at radius 3 is 2.63 bits per heavy atom. The topological polar surface area (TPSA) is 21.3 Å². The lowest BCUT2D eigenvalue weighted by Gasteiger charge is -2.42. The minimum Gasteiger partial charge on any atom is -0.377 e. The minimum atomic E-state index is -0.164. The summed E-state index contributed by atoms with van der Waals surface area (Å²) in [6.45, 7) is 0. The minimum absolute atomic E-state index is 0.0979. The van der Waals surface area contributed by atoms with E-state index in [2.05, 4.69) is 5.32 Å². The molecule has 3 heteroatoms. The van der Waals surface area contributed by atoms with Gasteiger partial charge in [0.25, 0.3) is 0 Å². The van der Waals surface area contributed by atoms with E-state index >= 15 is 0 Å². The van der Waals surface area contributed by atoms with Crippen molar-refractivity contribution in [3.05, 3.63) is 35.6 Å². The predicted molar refractivity (Wildman–Crippen MR) is 75.8 cm³/mol. The first-order valence-electron chi connectivity index (χ1n) is 7.17. The Hall–Kier alpha value is -0.930. The van der Waals surface area contributed by atoms with E-state index in [1.807, 2.05) is 13.1 Å². The molecule has 0 saturated heterocycles. The number of hydrogen-bond donors (Lipinski definition) is 1. The van der Waals surface area contributed by atoms with Gasteiger partial charge in [-0.15, -0.1) is 0 Å². The molecule has 1 saturated carbocycles. The smallest absolute Gasteiger partial charge is 0.123 e.